The maximum atomic E-state index is 12.5. The Labute approximate surface area is 141 Å². The second-order valence-corrected chi connectivity index (χ2v) is 6.55. The van der Waals surface area contributed by atoms with E-state index in [2.05, 4.69) is 5.32 Å². The molecule has 2 aliphatic heterocycles. The van der Waals surface area contributed by atoms with E-state index < -0.39 is 0 Å². The quantitative estimate of drug-likeness (QED) is 0.923. The van der Waals surface area contributed by atoms with Gasteiger partial charge in [0.15, 0.2) is 0 Å². The number of hydrogen-bond donors (Lipinski definition) is 1. The van der Waals surface area contributed by atoms with E-state index in [-0.39, 0.29) is 17.7 Å². The minimum absolute atomic E-state index is 0.0739. The number of amides is 2. The number of piperidine rings is 1. The average molecular weight is 320 g/mol. The van der Waals surface area contributed by atoms with Crippen LogP contribution in [0, 0.1) is 5.92 Å². The molecule has 2 heterocycles. The molecule has 122 valence electrons. The number of carbonyl (C=O) groups is 2. The van der Waals surface area contributed by atoms with E-state index in [4.69, 9.17) is 0 Å². The van der Waals surface area contributed by atoms with Gasteiger partial charge in [0.2, 0.25) is 5.91 Å². The molecule has 1 atom stereocenters. The minimum atomic E-state index is -0.0739. The molecule has 2 aromatic rings. The Hall–Kier alpha value is -2.62. The molecule has 1 fully saturated rings. The van der Waals surface area contributed by atoms with Gasteiger partial charge in [-0.05, 0) is 42.5 Å². The summed E-state index contributed by atoms with van der Waals surface area (Å²) >= 11 is 0. The molecule has 4 rings (SSSR count). The van der Waals surface area contributed by atoms with Crippen molar-refractivity contribution in [3.05, 3.63) is 65.7 Å². The molecule has 24 heavy (non-hydrogen) atoms. The molecule has 1 saturated heterocycles. The van der Waals surface area contributed by atoms with Gasteiger partial charge < -0.3 is 10.2 Å². The highest BCUT2D eigenvalue weighted by atomic mass is 16.2. The molecule has 1 unspecified atom stereocenters. The van der Waals surface area contributed by atoms with E-state index in [0.29, 0.717) is 19.0 Å². The van der Waals surface area contributed by atoms with Crippen LogP contribution in [-0.2, 0) is 4.79 Å². The first-order valence-corrected chi connectivity index (χ1v) is 8.48. The summed E-state index contributed by atoms with van der Waals surface area (Å²) in [7, 11) is 0. The fourth-order valence-corrected chi connectivity index (χ4v) is 3.90. The molecule has 4 nitrogen and oxygen atoms in total. The van der Waals surface area contributed by atoms with Crippen LogP contribution in [0.1, 0.15) is 34.7 Å². The summed E-state index contributed by atoms with van der Waals surface area (Å²) in [5.74, 6) is 0.415. The summed E-state index contributed by atoms with van der Waals surface area (Å²) in [6, 6.07) is 17.3. The zero-order valence-corrected chi connectivity index (χ0v) is 13.4. The van der Waals surface area contributed by atoms with Gasteiger partial charge in [0, 0.05) is 24.3 Å². The minimum Gasteiger partial charge on any atom is -0.339 e. The first kappa shape index (κ1) is 14.9. The SMILES string of the molecule is O=C1Nc2ccccc2C1C1CCN(C(=O)c2ccccc2)CC1. The van der Waals surface area contributed by atoms with Gasteiger partial charge in [-0.2, -0.15) is 0 Å². The van der Waals surface area contributed by atoms with Gasteiger partial charge in [-0.15, -0.1) is 0 Å². The molecule has 1 N–H and O–H groups in total. The average Bonchev–Trinajstić information content (AvgIpc) is 2.98. The van der Waals surface area contributed by atoms with Crippen LogP contribution >= 0.6 is 0 Å². The van der Waals surface area contributed by atoms with Crippen LogP contribution in [0.5, 0.6) is 0 Å². The third-order valence-corrected chi connectivity index (χ3v) is 5.16. The predicted molar refractivity (Wildman–Crippen MR) is 92.9 cm³/mol. The number of carbonyl (C=O) groups excluding carboxylic acids is 2. The number of rotatable bonds is 2. The lowest BCUT2D eigenvalue weighted by Gasteiger charge is -2.34. The summed E-state index contributed by atoms with van der Waals surface area (Å²) < 4.78 is 0. The monoisotopic (exact) mass is 320 g/mol. The molecule has 2 aromatic carbocycles. The number of benzene rings is 2. The van der Waals surface area contributed by atoms with Crippen LogP contribution in [-0.4, -0.2) is 29.8 Å². The maximum absolute atomic E-state index is 12.5. The van der Waals surface area contributed by atoms with E-state index in [1.165, 1.54) is 0 Å². The topological polar surface area (TPSA) is 49.4 Å². The van der Waals surface area contributed by atoms with Crippen molar-refractivity contribution in [2.45, 2.75) is 18.8 Å². The number of para-hydroxylation sites is 1. The highest BCUT2D eigenvalue weighted by molar-refractivity contribution is 6.03. The summed E-state index contributed by atoms with van der Waals surface area (Å²) in [5, 5.41) is 2.99. The maximum Gasteiger partial charge on any atom is 0.253 e. The second kappa shape index (κ2) is 6.11. The van der Waals surface area contributed by atoms with Gasteiger partial charge >= 0.3 is 0 Å². The van der Waals surface area contributed by atoms with Crippen molar-refractivity contribution >= 4 is 17.5 Å². The Morgan fingerprint density at radius 1 is 0.958 bits per heavy atom. The van der Waals surface area contributed by atoms with E-state index in [1.54, 1.807) is 0 Å². The zero-order chi connectivity index (χ0) is 16.5. The number of nitrogens with zero attached hydrogens (tertiary/aromatic N) is 1. The largest absolute Gasteiger partial charge is 0.339 e. The van der Waals surface area contributed by atoms with Crippen molar-refractivity contribution in [1.29, 1.82) is 0 Å². The van der Waals surface area contributed by atoms with Crippen molar-refractivity contribution in [2.24, 2.45) is 5.92 Å². The Bertz CT molecular complexity index is 764. The number of likely N-dealkylation sites (tertiary alicyclic amines) is 1. The van der Waals surface area contributed by atoms with Crippen molar-refractivity contribution in [3.63, 3.8) is 0 Å². The fourth-order valence-electron chi connectivity index (χ4n) is 3.90. The molecule has 0 aliphatic carbocycles. The molecule has 2 aliphatic rings. The molecule has 0 aromatic heterocycles. The summed E-state index contributed by atoms with van der Waals surface area (Å²) in [6.45, 7) is 1.43. The van der Waals surface area contributed by atoms with E-state index in [0.717, 1.165) is 29.7 Å². The normalized spacial score (nSPS) is 20.6. The van der Waals surface area contributed by atoms with Crippen molar-refractivity contribution in [3.8, 4) is 0 Å². The lowest BCUT2D eigenvalue weighted by molar-refractivity contribution is -0.118. The third kappa shape index (κ3) is 2.58. The smallest absolute Gasteiger partial charge is 0.253 e. The van der Waals surface area contributed by atoms with Crippen LogP contribution in [0.4, 0.5) is 5.69 Å². The Morgan fingerprint density at radius 2 is 1.62 bits per heavy atom. The van der Waals surface area contributed by atoms with Gasteiger partial charge in [-0.1, -0.05) is 36.4 Å². The predicted octanol–water partition coefficient (Wildman–Crippen LogP) is 3.27. The molecule has 0 spiro atoms. The van der Waals surface area contributed by atoms with Crippen molar-refractivity contribution in [2.75, 3.05) is 18.4 Å². The number of nitrogens with one attached hydrogen (secondary N) is 1. The number of fused-ring (bicyclic) bond motifs is 1. The molecule has 0 bridgehead atoms. The van der Waals surface area contributed by atoms with E-state index in [9.17, 15) is 9.59 Å². The van der Waals surface area contributed by atoms with Crippen molar-refractivity contribution < 1.29 is 9.59 Å². The van der Waals surface area contributed by atoms with Crippen LogP contribution in [0.3, 0.4) is 0 Å². The summed E-state index contributed by atoms with van der Waals surface area (Å²) in [6.07, 6.45) is 1.73. The molecular weight excluding hydrogens is 300 g/mol. The highest BCUT2D eigenvalue weighted by Crippen LogP contribution is 2.41. The van der Waals surface area contributed by atoms with Crippen molar-refractivity contribution in [1.82, 2.24) is 4.90 Å². The van der Waals surface area contributed by atoms with E-state index in [1.807, 2.05) is 59.5 Å². The zero-order valence-electron chi connectivity index (χ0n) is 13.4. The summed E-state index contributed by atoms with van der Waals surface area (Å²) in [5.41, 5.74) is 2.78. The van der Waals surface area contributed by atoms with Crippen LogP contribution in [0.25, 0.3) is 0 Å². The van der Waals surface area contributed by atoms with Crippen LogP contribution < -0.4 is 5.32 Å². The third-order valence-electron chi connectivity index (χ3n) is 5.16. The van der Waals surface area contributed by atoms with Gasteiger partial charge in [0.1, 0.15) is 0 Å². The second-order valence-electron chi connectivity index (χ2n) is 6.55. The molecule has 0 saturated carbocycles. The Kier molecular flexibility index (Phi) is 3.81. The van der Waals surface area contributed by atoms with Gasteiger partial charge in [0.05, 0.1) is 5.92 Å². The van der Waals surface area contributed by atoms with Crippen LogP contribution in [0.15, 0.2) is 54.6 Å². The van der Waals surface area contributed by atoms with Gasteiger partial charge in [0.25, 0.3) is 5.91 Å². The van der Waals surface area contributed by atoms with Crippen LogP contribution in [0.2, 0.25) is 0 Å². The molecule has 4 heteroatoms. The fraction of sp³-hybridized carbons (Fsp3) is 0.300. The first-order chi connectivity index (χ1) is 11.7. The number of anilines is 1. The van der Waals surface area contributed by atoms with Gasteiger partial charge in [-0.3, -0.25) is 9.59 Å². The molecule has 2 amide bonds. The first-order valence-electron chi connectivity index (χ1n) is 8.48. The lowest BCUT2D eigenvalue weighted by atomic mass is 9.80. The highest BCUT2D eigenvalue weighted by Gasteiger charge is 2.38. The standard InChI is InChI=1S/C20H20N2O2/c23-19-18(16-8-4-5-9-17(16)21-19)14-10-12-22(13-11-14)20(24)15-6-2-1-3-7-15/h1-9,14,18H,10-13H2,(H,21,23). The summed E-state index contributed by atoms with van der Waals surface area (Å²) in [4.78, 5) is 26.8. The van der Waals surface area contributed by atoms with E-state index >= 15 is 0 Å². The Morgan fingerprint density at radius 3 is 2.38 bits per heavy atom. The molecular formula is C20H20N2O2. The lowest BCUT2D eigenvalue weighted by Crippen LogP contribution is -2.40. The molecule has 0 radical (unpaired) electrons. The van der Waals surface area contributed by atoms with Gasteiger partial charge in [-0.25, -0.2) is 0 Å². The number of hydrogen-bond acceptors (Lipinski definition) is 2. The Balaban J connectivity index is 1.45.